The van der Waals surface area contributed by atoms with Gasteiger partial charge in [-0.05, 0) is 32.2 Å². The summed E-state index contributed by atoms with van der Waals surface area (Å²) in [5, 5.41) is 8.61. The second-order valence-corrected chi connectivity index (χ2v) is 4.38. The van der Waals surface area contributed by atoms with Crippen molar-refractivity contribution in [3.8, 4) is 0 Å². The van der Waals surface area contributed by atoms with Gasteiger partial charge < -0.3 is 16.0 Å². The SMILES string of the molecule is CCC(=O)Nc1cccc(C(=O)NCC(C)NC)c1.Cl. The van der Waals surface area contributed by atoms with E-state index < -0.39 is 0 Å². The summed E-state index contributed by atoms with van der Waals surface area (Å²) in [7, 11) is 1.84. The highest BCUT2D eigenvalue weighted by Crippen LogP contribution is 2.10. The molecular weight excluding hydrogens is 278 g/mol. The van der Waals surface area contributed by atoms with E-state index >= 15 is 0 Å². The summed E-state index contributed by atoms with van der Waals surface area (Å²) in [6, 6.07) is 7.13. The average molecular weight is 300 g/mol. The molecule has 1 unspecified atom stereocenters. The minimum Gasteiger partial charge on any atom is -0.350 e. The minimum absolute atomic E-state index is 0. The molecule has 0 bridgehead atoms. The molecule has 1 aromatic rings. The molecule has 0 saturated carbocycles. The minimum atomic E-state index is -0.144. The van der Waals surface area contributed by atoms with Gasteiger partial charge in [-0.1, -0.05) is 13.0 Å². The Morgan fingerprint density at radius 3 is 2.60 bits per heavy atom. The Morgan fingerprint density at radius 2 is 2.00 bits per heavy atom. The van der Waals surface area contributed by atoms with Crippen LogP contribution in [0.5, 0.6) is 0 Å². The van der Waals surface area contributed by atoms with Crippen molar-refractivity contribution < 1.29 is 9.59 Å². The van der Waals surface area contributed by atoms with Crippen LogP contribution in [0.25, 0.3) is 0 Å². The molecule has 6 heteroatoms. The van der Waals surface area contributed by atoms with Crippen LogP contribution in [0.4, 0.5) is 5.69 Å². The van der Waals surface area contributed by atoms with Crippen molar-refractivity contribution in [3.05, 3.63) is 29.8 Å². The zero-order valence-electron chi connectivity index (χ0n) is 12.0. The van der Waals surface area contributed by atoms with E-state index in [0.717, 1.165) is 0 Å². The van der Waals surface area contributed by atoms with E-state index in [-0.39, 0.29) is 30.3 Å². The standard InChI is InChI=1S/C14H21N3O2.ClH/c1-4-13(18)17-12-7-5-6-11(8-12)14(19)16-9-10(2)15-3;/h5-8,10,15H,4,9H2,1-3H3,(H,16,19)(H,17,18);1H. The monoisotopic (exact) mass is 299 g/mol. The normalized spacial score (nSPS) is 11.2. The zero-order chi connectivity index (χ0) is 14.3. The number of anilines is 1. The van der Waals surface area contributed by atoms with E-state index in [1.54, 1.807) is 31.2 Å². The number of amides is 2. The fraction of sp³-hybridized carbons (Fsp3) is 0.429. The van der Waals surface area contributed by atoms with E-state index in [2.05, 4.69) is 16.0 Å². The first-order chi connectivity index (χ1) is 9.06. The summed E-state index contributed by atoms with van der Waals surface area (Å²) >= 11 is 0. The molecule has 20 heavy (non-hydrogen) atoms. The smallest absolute Gasteiger partial charge is 0.251 e. The van der Waals surface area contributed by atoms with Gasteiger partial charge in [-0.3, -0.25) is 9.59 Å². The van der Waals surface area contributed by atoms with Crippen molar-refractivity contribution in [2.45, 2.75) is 26.3 Å². The van der Waals surface area contributed by atoms with Crippen molar-refractivity contribution in [3.63, 3.8) is 0 Å². The molecule has 3 N–H and O–H groups in total. The van der Waals surface area contributed by atoms with Crippen LogP contribution in [0.1, 0.15) is 30.6 Å². The Labute approximate surface area is 125 Å². The van der Waals surface area contributed by atoms with Gasteiger partial charge in [0, 0.05) is 30.3 Å². The number of nitrogens with one attached hydrogen (secondary N) is 3. The van der Waals surface area contributed by atoms with Crippen molar-refractivity contribution in [2.24, 2.45) is 0 Å². The molecule has 0 aliphatic rings. The topological polar surface area (TPSA) is 70.2 Å². The lowest BCUT2D eigenvalue weighted by Crippen LogP contribution is -2.37. The van der Waals surface area contributed by atoms with Crippen molar-refractivity contribution in [1.29, 1.82) is 0 Å². The molecule has 0 spiro atoms. The fourth-order valence-corrected chi connectivity index (χ4v) is 1.44. The maximum absolute atomic E-state index is 11.9. The number of rotatable bonds is 6. The summed E-state index contributed by atoms with van der Waals surface area (Å²) in [4.78, 5) is 23.2. The predicted octanol–water partition coefficient (Wildman–Crippen LogP) is 1.79. The number of carbonyl (C=O) groups is 2. The first-order valence-corrected chi connectivity index (χ1v) is 6.42. The van der Waals surface area contributed by atoms with Crippen LogP contribution in [-0.4, -0.2) is 31.4 Å². The lowest BCUT2D eigenvalue weighted by molar-refractivity contribution is -0.115. The number of halogens is 1. The van der Waals surface area contributed by atoms with Gasteiger partial charge in [0.15, 0.2) is 0 Å². The van der Waals surface area contributed by atoms with Gasteiger partial charge in [0.2, 0.25) is 5.91 Å². The molecule has 0 heterocycles. The number of carbonyl (C=O) groups excluding carboxylic acids is 2. The zero-order valence-corrected chi connectivity index (χ0v) is 12.8. The van der Waals surface area contributed by atoms with E-state index in [1.807, 2.05) is 14.0 Å². The van der Waals surface area contributed by atoms with Gasteiger partial charge in [0.25, 0.3) is 5.91 Å². The molecular formula is C14H22ClN3O2. The highest BCUT2D eigenvalue weighted by molar-refractivity contribution is 5.97. The van der Waals surface area contributed by atoms with Crippen LogP contribution in [-0.2, 0) is 4.79 Å². The molecule has 1 atom stereocenters. The maximum atomic E-state index is 11.9. The lowest BCUT2D eigenvalue weighted by atomic mass is 10.2. The van der Waals surface area contributed by atoms with Crippen LogP contribution in [0.2, 0.25) is 0 Å². The largest absolute Gasteiger partial charge is 0.350 e. The third-order valence-electron chi connectivity index (χ3n) is 2.79. The third kappa shape index (κ3) is 6.04. The van der Waals surface area contributed by atoms with Crippen LogP contribution < -0.4 is 16.0 Å². The molecule has 112 valence electrons. The lowest BCUT2D eigenvalue weighted by Gasteiger charge is -2.12. The Kier molecular flexibility index (Phi) is 8.59. The molecule has 5 nitrogen and oxygen atoms in total. The summed E-state index contributed by atoms with van der Waals surface area (Å²) in [6.07, 6.45) is 0.413. The van der Waals surface area contributed by atoms with E-state index in [0.29, 0.717) is 24.2 Å². The van der Waals surface area contributed by atoms with Gasteiger partial charge in [-0.25, -0.2) is 0 Å². The molecule has 0 aliphatic heterocycles. The molecule has 0 fully saturated rings. The first kappa shape index (κ1) is 18.4. The number of hydrogen-bond acceptors (Lipinski definition) is 3. The Balaban J connectivity index is 0.00000361. The van der Waals surface area contributed by atoms with Crippen molar-refractivity contribution in [2.75, 3.05) is 18.9 Å². The summed E-state index contributed by atoms with van der Waals surface area (Å²) < 4.78 is 0. The van der Waals surface area contributed by atoms with E-state index in [9.17, 15) is 9.59 Å². The van der Waals surface area contributed by atoms with Gasteiger partial charge in [0.05, 0.1) is 0 Å². The molecule has 1 aromatic carbocycles. The van der Waals surface area contributed by atoms with Gasteiger partial charge in [0.1, 0.15) is 0 Å². The highest BCUT2D eigenvalue weighted by Gasteiger charge is 2.08. The number of hydrogen-bond donors (Lipinski definition) is 3. The predicted molar refractivity (Wildman–Crippen MR) is 83.5 cm³/mol. The average Bonchev–Trinajstić information content (AvgIpc) is 2.44. The van der Waals surface area contributed by atoms with Gasteiger partial charge >= 0.3 is 0 Å². The summed E-state index contributed by atoms with van der Waals surface area (Å²) in [6.45, 7) is 4.32. The summed E-state index contributed by atoms with van der Waals surface area (Å²) in [5.74, 6) is -0.212. The van der Waals surface area contributed by atoms with Gasteiger partial charge in [-0.15, -0.1) is 12.4 Å². The summed E-state index contributed by atoms with van der Waals surface area (Å²) in [5.41, 5.74) is 1.18. The molecule has 0 radical (unpaired) electrons. The molecule has 0 aromatic heterocycles. The van der Waals surface area contributed by atoms with E-state index in [4.69, 9.17) is 0 Å². The first-order valence-electron chi connectivity index (χ1n) is 6.42. The Bertz CT molecular complexity index is 452. The van der Waals surface area contributed by atoms with Crippen LogP contribution in [0.15, 0.2) is 24.3 Å². The quantitative estimate of drug-likeness (QED) is 0.750. The number of likely N-dealkylation sites (N-methyl/N-ethyl adjacent to an activating group) is 1. The molecule has 1 rings (SSSR count). The van der Waals surface area contributed by atoms with Crippen LogP contribution >= 0.6 is 12.4 Å². The Hall–Kier alpha value is -1.59. The van der Waals surface area contributed by atoms with Gasteiger partial charge in [-0.2, -0.15) is 0 Å². The fourth-order valence-electron chi connectivity index (χ4n) is 1.44. The van der Waals surface area contributed by atoms with E-state index in [1.165, 1.54) is 0 Å². The van der Waals surface area contributed by atoms with Crippen LogP contribution in [0, 0.1) is 0 Å². The molecule has 0 aliphatic carbocycles. The highest BCUT2D eigenvalue weighted by atomic mass is 35.5. The van der Waals surface area contributed by atoms with Crippen molar-refractivity contribution >= 4 is 29.9 Å². The maximum Gasteiger partial charge on any atom is 0.251 e. The number of benzene rings is 1. The second kappa shape index (κ2) is 9.34. The third-order valence-corrected chi connectivity index (χ3v) is 2.79. The Morgan fingerprint density at radius 1 is 1.30 bits per heavy atom. The molecule has 0 saturated heterocycles. The molecule has 2 amide bonds. The van der Waals surface area contributed by atoms with Crippen molar-refractivity contribution in [1.82, 2.24) is 10.6 Å². The second-order valence-electron chi connectivity index (χ2n) is 4.38. The van der Waals surface area contributed by atoms with Crippen LogP contribution in [0.3, 0.4) is 0 Å².